The van der Waals surface area contributed by atoms with E-state index in [1.165, 1.54) is 6.07 Å². The van der Waals surface area contributed by atoms with Crippen LogP contribution in [0.5, 0.6) is 11.5 Å². The first-order valence-corrected chi connectivity index (χ1v) is 10.7. The average molecular weight is 443 g/mol. The Morgan fingerprint density at radius 3 is 2.48 bits per heavy atom. The summed E-state index contributed by atoms with van der Waals surface area (Å²) >= 11 is 0. The molecule has 3 aromatic carbocycles. The van der Waals surface area contributed by atoms with Gasteiger partial charge in [-0.2, -0.15) is 0 Å². The maximum Gasteiger partial charge on any atom is 0.255 e. The van der Waals surface area contributed by atoms with Gasteiger partial charge in [0.2, 0.25) is 0 Å². The Morgan fingerprint density at radius 2 is 1.76 bits per heavy atom. The van der Waals surface area contributed by atoms with Gasteiger partial charge in [0.25, 0.3) is 5.91 Å². The Hall–Kier alpha value is -4.06. The normalized spacial score (nSPS) is 10.9. The van der Waals surface area contributed by atoms with Gasteiger partial charge in [0.1, 0.15) is 22.8 Å². The third-order valence-electron chi connectivity index (χ3n) is 5.04. The Kier molecular flexibility index (Phi) is 6.45. The first-order chi connectivity index (χ1) is 15.9. The minimum atomic E-state index is -0.232. The molecule has 4 rings (SSSR count). The van der Waals surface area contributed by atoms with Crippen molar-refractivity contribution in [2.75, 3.05) is 19.0 Å². The number of rotatable bonds is 7. The van der Waals surface area contributed by atoms with E-state index in [1.807, 2.05) is 6.07 Å². The zero-order valence-electron chi connectivity index (χ0n) is 18.8. The van der Waals surface area contributed by atoms with Crippen LogP contribution in [0.15, 0.2) is 82.0 Å². The molecule has 4 aromatic rings. The molecule has 1 amide bonds. The molecule has 0 aliphatic rings. The van der Waals surface area contributed by atoms with Crippen LogP contribution in [-0.4, -0.2) is 19.6 Å². The summed E-state index contributed by atoms with van der Waals surface area (Å²) in [5.41, 5.74) is 2.20. The monoisotopic (exact) mass is 443 g/mol. The van der Waals surface area contributed by atoms with Crippen molar-refractivity contribution >= 4 is 22.6 Å². The van der Waals surface area contributed by atoms with Gasteiger partial charge < -0.3 is 19.2 Å². The molecule has 1 N–H and O–H groups in total. The third kappa shape index (κ3) is 5.23. The summed E-state index contributed by atoms with van der Waals surface area (Å²) in [6.07, 6.45) is 0. The number of nitrogens with one attached hydrogen (secondary N) is 1. The standard InChI is InChI=1S/C27H25NO5/c1-17(2)16-32-22-6-4-5-19(13-22)27(30)28-20-9-7-18(8-10-20)26-15-24(29)23-14-21(31-3)11-12-25(23)33-26/h4-15,17H,16H2,1-3H3,(H,28,30). The van der Waals surface area contributed by atoms with E-state index in [4.69, 9.17) is 13.9 Å². The first-order valence-electron chi connectivity index (χ1n) is 10.7. The fourth-order valence-electron chi connectivity index (χ4n) is 3.32. The summed E-state index contributed by atoms with van der Waals surface area (Å²) in [5.74, 6) is 1.88. The van der Waals surface area contributed by atoms with Crippen LogP contribution in [0.25, 0.3) is 22.3 Å². The number of hydrogen-bond donors (Lipinski definition) is 1. The topological polar surface area (TPSA) is 77.8 Å². The van der Waals surface area contributed by atoms with E-state index in [0.29, 0.717) is 52.0 Å². The largest absolute Gasteiger partial charge is 0.497 e. The number of fused-ring (bicyclic) bond motifs is 1. The second-order valence-electron chi connectivity index (χ2n) is 8.10. The number of amides is 1. The summed E-state index contributed by atoms with van der Waals surface area (Å²) in [5, 5.41) is 3.34. The fraction of sp³-hybridized carbons (Fsp3) is 0.185. The Bertz CT molecular complexity index is 1340. The Labute approximate surface area is 191 Å². The van der Waals surface area contributed by atoms with Crippen molar-refractivity contribution in [1.82, 2.24) is 0 Å². The highest BCUT2D eigenvalue weighted by Gasteiger charge is 2.11. The van der Waals surface area contributed by atoms with Gasteiger partial charge in [-0.05, 0) is 66.6 Å². The first kappa shape index (κ1) is 22.1. The molecule has 0 aliphatic heterocycles. The zero-order valence-corrected chi connectivity index (χ0v) is 18.8. The van der Waals surface area contributed by atoms with Gasteiger partial charge in [-0.3, -0.25) is 9.59 Å². The molecule has 1 aromatic heterocycles. The number of benzene rings is 3. The molecule has 0 aliphatic carbocycles. The van der Waals surface area contributed by atoms with Crippen LogP contribution in [0.4, 0.5) is 5.69 Å². The predicted molar refractivity (Wildman–Crippen MR) is 129 cm³/mol. The van der Waals surface area contributed by atoms with Crippen LogP contribution >= 0.6 is 0 Å². The van der Waals surface area contributed by atoms with Gasteiger partial charge >= 0.3 is 0 Å². The molecule has 0 bridgehead atoms. The molecule has 0 radical (unpaired) electrons. The minimum absolute atomic E-state index is 0.151. The van der Waals surface area contributed by atoms with Crippen LogP contribution in [-0.2, 0) is 0 Å². The third-order valence-corrected chi connectivity index (χ3v) is 5.04. The molecule has 0 saturated heterocycles. The highest BCUT2D eigenvalue weighted by atomic mass is 16.5. The van der Waals surface area contributed by atoms with Crippen LogP contribution in [0, 0.1) is 5.92 Å². The van der Waals surface area contributed by atoms with Gasteiger partial charge in [0.15, 0.2) is 5.43 Å². The number of carbonyl (C=O) groups excluding carboxylic acids is 1. The molecule has 6 nitrogen and oxygen atoms in total. The Morgan fingerprint density at radius 1 is 0.970 bits per heavy atom. The zero-order chi connectivity index (χ0) is 23.4. The second kappa shape index (κ2) is 9.61. The van der Waals surface area contributed by atoms with E-state index < -0.39 is 0 Å². The van der Waals surface area contributed by atoms with Crippen molar-refractivity contribution in [2.45, 2.75) is 13.8 Å². The van der Waals surface area contributed by atoms with Crippen LogP contribution < -0.4 is 20.2 Å². The van der Waals surface area contributed by atoms with E-state index in [9.17, 15) is 9.59 Å². The molecule has 0 unspecified atom stereocenters. The van der Waals surface area contributed by atoms with E-state index in [1.54, 1.807) is 67.8 Å². The molecule has 33 heavy (non-hydrogen) atoms. The highest BCUT2D eigenvalue weighted by Crippen LogP contribution is 2.26. The van der Waals surface area contributed by atoms with Gasteiger partial charge in [-0.15, -0.1) is 0 Å². The molecule has 6 heteroatoms. The molecule has 0 atom stereocenters. The smallest absolute Gasteiger partial charge is 0.255 e. The number of ether oxygens (including phenoxy) is 2. The van der Waals surface area contributed by atoms with E-state index in [-0.39, 0.29) is 11.3 Å². The Balaban J connectivity index is 1.50. The van der Waals surface area contributed by atoms with Crippen molar-refractivity contribution in [3.05, 3.63) is 88.6 Å². The second-order valence-corrected chi connectivity index (χ2v) is 8.10. The summed E-state index contributed by atoms with van der Waals surface area (Å²) in [4.78, 5) is 25.2. The maximum atomic E-state index is 12.7. The molecular formula is C27H25NO5. The average Bonchev–Trinajstić information content (AvgIpc) is 2.83. The fourth-order valence-corrected chi connectivity index (χ4v) is 3.32. The molecular weight excluding hydrogens is 418 g/mol. The lowest BCUT2D eigenvalue weighted by molar-refractivity contribution is 0.102. The summed E-state index contributed by atoms with van der Waals surface area (Å²) in [6.45, 7) is 4.73. The maximum absolute atomic E-state index is 12.7. The number of carbonyl (C=O) groups is 1. The molecule has 1 heterocycles. The molecule has 0 spiro atoms. The van der Waals surface area contributed by atoms with Crippen molar-refractivity contribution in [2.24, 2.45) is 5.92 Å². The lowest BCUT2D eigenvalue weighted by Gasteiger charge is -2.10. The van der Waals surface area contributed by atoms with Gasteiger partial charge in [-0.1, -0.05) is 19.9 Å². The summed E-state index contributed by atoms with van der Waals surface area (Å²) in [6, 6.07) is 20.8. The number of anilines is 1. The van der Waals surface area contributed by atoms with Crippen molar-refractivity contribution < 1.29 is 18.7 Å². The van der Waals surface area contributed by atoms with Crippen LogP contribution in [0.2, 0.25) is 0 Å². The minimum Gasteiger partial charge on any atom is -0.497 e. The molecule has 0 fully saturated rings. The van der Waals surface area contributed by atoms with E-state index in [2.05, 4.69) is 19.2 Å². The number of methoxy groups -OCH3 is 1. The highest BCUT2D eigenvalue weighted by molar-refractivity contribution is 6.04. The molecule has 168 valence electrons. The number of hydrogen-bond acceptors (Lipinski definition) is 5. The van der Waals surface area contributed by atoms with Crippen LogP contribution in [0.1, 0.15) is 24.2 Å². The predicted octanol–water partition coefficient (Wildman–Crippen LogP) is 5.76. The van der Waals surface area contributed by atoms with Crippen molar-refractivity contribution in [3.8, 4) is 22.8 Å². The van der Waals surface area contributed by atoms with E-state index >= 15 is 0 Å². The van der Waals surface area contributed by atoms with Crippen molar-refractivity contribution in [3.63, 3.8) is 0 Å². The van der Waals surface area contributed by atoms with Crippen LogP contribution in [0.3, 0.4) is 0 Å². The SMILES string of the molecule is COc1ccc2oc(-c3ccc(NC(=O)c4cccc(OCC(C)C)c4)cc3)cc(=O)c2c1. The lowest BCUT2D eigenvalue weighted by Crippen LogP contribution is -2.12. The van der Waals surface area contributed by atoms with Crippen molar-refractivity contribution in [1.29, 1.82) is 0 Å². The van der Waals surface area contributed by atoms with E-state index in [0.717, 1.165) is 5.56 Å². The lowest BCUT2D eigenvalue weighted by atomic mass is 10.1. The van der Waals surface area contributed by atoms with Gasteiger partial charge in [0, 0.05) is 22.9 Å². The van der Waals surface area contributed by atoms with Gasteiger partial charge in [0.05, 0.1) is 19.1 Å². The summed E-state index contributed by atoms with van der Waals surface area (Å²) in [7, 11) is 1.55. The quantitative estimate of drug-likeness (QED) is 0.393. The molecule has 0 saturated carbocycles. The van der Waals surface area contributed by atoms with Gasteiger partial charge in [-0.25, -0.2) is 0 Å². The summed E-state index contributed by atoms with van der Waals surface area (Å²) < 4.78 is 16.8.